The molecule has 2 aliphatic heterocycles. The van der Waals surface area contributed by atoms with E-state index < -0.39 is 5.60 Å². The minimum atomic E-state index is -0.792. The van der Waals surface area contributed by atoms with Crippen LogP contribution < -0.4 is 14.8 Å². The second-order valence-corrected chi connectivity index (χ2v) is 5.69. The summed E-state index contributed by atoms with van der Waals surface area (Å²) in [4.78, 5) is 0. The minimum Gasteiger partial charge on any atom is -0.454 e. The van der Waals surface area contributed by atoms with E-state index in [0.717, 1.165) is 5.56 Å². The molecule has 6 heteroatoms. The molecular formula is C14H18ClNO4. The molecule has 0 amide bonds. The lowest BCUT2D eigenvalue weighted by atomic mass is 9.96. The Hall–Kier alpha value is -1.01. The van der Waals surface area contributed by atoms with Crippen molar-refractivity contribution >= 4 is 11.6 Å². The molecule has 2 aliphatic rings. The fourth-order valence-electron chi connectivity index (χ4n) is 2.55. The molecule has 0 aromatic heterocycles. The van der Waals surface area contributed by atoms with Gasteiger partial charge in [-0.2, -0.15) is 0 Å². The van der Waals surface area contributed by atoms with Gasteiger partial charge in [0.15, 0.2) is 11.5 Å². The highest BCUT2D eigenvalue weighted by Crippen LogP contribution is 2.39. The lowest BCUT2D eigenvalue weighted by Crippen LogP contribution is -2.45. The number of nitrogens with one attached hydrogen (secondary N) is 1. The van der Waals surface area contributed by atoms with E-state index in [0.29, 0.717) is 42.6 Å². The van der Waals surface area contributed by atoms with Crippen LogP contribution in [0.15, 0.2) is 12.1 Å². The zero-order valence-electron chi connectivity index (χ0n) is 11.3. The number of rotatable bonds is 4. The summed E-state index contributed by atoms with van der Waals surface area (Å²) in [5.41, 5.74) is 0.203. The van der Waals surface area contributed by atoms with Crippen molar-refractivity contribution in [2.75, 3.05) is 19.9 Å². The third-order valence-corrected chi connectivity index (χ3v) is 4.19. The van der Waals surface area contributed by atoms with Gasteiger partial charge in [0.25, 0.3) is 0 Å². The molecule has 2 atom stereocenters. The van der Waals surface area contributed by atoms with Crippen molar-refractivity contribution in [3.63, 3.8) is 0 Å². The summed E-state index contributed by atoms with van der Waals surface area (Å²) in [5.74, 6) is 1.28. The molecule has 3 rings (SSSR count). The lowest BCUT2D eigenvalue weighted by Gasteiger charge is -2.26. The van der Waals surface area contributed by atoms with Crippen molar-refractivity contribution in [1.29, 1.82) is 0 Å². The smallest absolute Gasteiger partial charge is 0.231 e. The maximum Gasteiger partial charge on any atom is 0.231 e. The summed E-state index contributed by atoms with van der Waals surface area (Å²) in [7, 11) is 0. The number of hydrogen-bond donors (Lipinski definition) is 2. The monoisotopic (exact) mass is 299 g/mol. The number of aliphatic hydroxyl groups is 1. The van der Waals surface area contributed by atoms with Gasteiger partial charge in [0.05, 0.1) is 11.1 Å². The Morgan fingerprint density at radius 2 is 2.30 bits per heavy atom. The fraction of sp³-hybridized carbons (Fsp3) is 0.571. The SMILES string of the molecule is CC1OCCC1(O)CNCc1cc(Cl)c2c(c1)OCO2. The lowest BCUT2D eigenvalue weighted by molar-refractivity contribution is -0.0262. The molecule has 2 N–H and O–H groups in total. The van der Waals surface area contributed by atoms with Crippen molar-refractivity contribution in [3.8, 4) is 11.5 Å². The summed E-state index contributed by atoms with van der Waals surface area (Å²) in [5, 5.41) is 14.2. The van der Waals surface area contributed by atoms with E-state index in [9.17, 15) is 5.11 Å². The van der Waals surface area contributed by atoms with Gasteiger partial charge < -0.3 is 24.6 Å². The van der Waals surface area contributed by atoms with E-state index in [2.05, 4.69) is 5.32 Å². The molecule has 5 nitrogen and oxygen atoms in total. The molecule has 1 aromatic rings. The zero-order valence-corrected chi connectivity index (χ0v) is 12.1. The van der Waals surface area contributed by atoms with Gasteiger partial charge in [0, 0.05) is 26.1 Å². The summed E-state index contributed by atoms with van der Waals surface area (Å²) < 4.78 is 16.0. The first kappa shape index (κ1) is 13.9. The van der Waals surface area contributed by atoms with Crippen LogP contribution in [0.25, 0.3) is 0 Å². The Kier molecular flexibility index (Phi) is 3.77. The second kappa shape index (κ2) is 5.41. The third kappa shape index (κ3) is 2.59. The van der Waals surface area contributed by atoms with E-state index in [4.69, 9.17) is 25.8 Å². The van der Waals surface area contributed by atoms with Crippen molar-refractivity contribution in [1.82, 2.24) is 5.32 Å². The number of halogens is 1. The molecule has 0 bridgehead atoms. The molecule has 1 fully saturated rings. The average molecular weight is 300 g/mol. The van der Waals surface area contributed by atoms with E-state index in [1.54, 1.807) is 0 Å². The highest BCUT2D eigenvalue weighted by atomic mass is 35.5. The number of fused-ring (bicyclic) bond motifs is 1. The first-order chi connectivity index (χ1) is 9.58. The highest BCUT2D eigenvalue weighted by molar-refractivity contribution is 6.32. The molecular weight excluding hydrogens is 282 g/mol. The first-order valence-corrected chi connectivity index (χ1v) is 7.09. The number of benzene rings is 1. The Balaban J connectivity index is 1.60. The molecule has 0 spiro atoms. The molecule has 0 aliphatic carbocycles. The second-order valence-electron chi connectivity index (χ2n) is 5.28. The molecule has 0 radical (unpaired) electrons. The van der Waals surface area contributed by atoms with Crippen LogP contribution in [0.1, 0.15) is 18.9 Å². The Bertz CT molecular complexity index is 510. The predicted molar refractivity (Wildman–Crippen MR) is 74.3 cm³/mol. The maximum absolute atomic E-state index is 10.4. The highest BCUT2D eigenvalue weighted by Gasteiger charge is 2.38. The molecule has 0 saturated carbocycles. The maximum atomic E-state index is 10.4. The normalized spacial score (nSPS) is 28.1. The van der Waals surface area contributed by atoms with Gasteiger partial charge in [0.1, 0.15) is 5.60 Å². The average Bonchev–Trinajstić information content (AvgIpc) is 2.98. The van der Waals surface area contributed by atoms with Crippen LogP contribution >= 0.6 is 11.6 Å². The summed E-state index contributed by atoms with van der Waals surface area (Å²) >= 11 is 6.13. The zero-order chi connectivity index (χ0) is 14.2. The molecule has 2 unspecified atom stereocenters. The van der Waals surface area contributed by atoms with Gasteiger partial charge in [-0.3, -0.25) is 0 Å². The quantitative estimate of drug-likeness (QED) is 0.886. The van der Waals surface area contributed by atoms with Crippen molar-refractivity contribution in [3.05, 3.63) is 22.7 Å². The van der Waals surface area contributed by atoms with Gasteiger partial charge in [-0.15, -0.1) is 0 Å². The van der Waals surface area contributed by atoms with Crippen molar-refractivity contribution in [2.24, 2.45) is 0 Å². The topological polar surface area (TPSA) is 60.0 Å². The largest absolute Gasteiger partial charge is 0.454 e. The molecule has 20 heavy (non-hydrogen) atoms. The number of hydrogen-bond acceptors (Lipinski definition) is 5. The molecule has 1 aromatic carbocycles. The van der Waals surface area contributed by atoms with E-state index >= 15 is 0 Å². The van der Waals surface area contributed by atoms with Crippen LogP contribution in [0.5, 0.6) is 11.5 Å². The third-order valence-electron chi connectivity index (χ3n) is 3.91. The standard InChI is InChI=1S/C14H18ClNO4/c1-9-14(17,2-3-18-9)7-16-6-10-4-11(15)13-12(5-10)19-8-20-13/h4-5,9,16-17H,2-3,6-8H2,1H3. The van der Waals surface area contributed by atoms with E-state index in [-0.39, 0.29) is 12.9 Å². The first-order valence-electron chi connectivity index (χ1n) is 6.71. The van der Waals surface area contributed by atoms with Crippen molar-refractivity contribution < 1.29 is 19.3 Å². The van der Waals surface area contributed by atoms with Crippen LogP contribution in [-0.2, 0) is 11.3 Å². The molecule has 2 heterocycles. The van der Waals surface area contributed by atoms with Crippen LogP contribution in [0.3, 0.4) is 0 Å². The van der Waals surface area contributed by atoms with E-state index in [1.807, 2.05) is 19.1 Å². The van der Waals surface area contributed by atoms with Crippen LogP contribution in [0.2, 0.25) is 5.02 Å². The minimum absolute atomic E-state index is 0.143. The number of ether oxygens (including phenoxy) is 3. The van der Waals surface area contributed by atoms with Gasteiger partial charge in [-0.05, 0) is 24.6 Å². The van der Waals surface area contributed by atoms with Gasteiger partial charge in [0.2, 0.25) is 6.79 Å². The fourth-order valence-corrected chi connectivity index (χ4v) is 2.84. The Labute approximate surface area is 122 Å². The summed E-state index contributed by atoms with van der Waals surface area (Å²) in [6.07, 6.45) is 0.513. The van der Waals surface area contributed by atoms with Gasteiger partial charge in [-0.1, -0.05) is 11.6 Å². The predicted octanol–water partition coefficient (Wildman–Crippen LogP) is 1.70. The van der Waals surface area contributed by atoms with Crippen molar-refractivity contribution in [2.45, 2.75) is 31.6 Å². The van der Waals surface area contributed by atoms with Crippen LogP contribution in [0, 0.1) is 0 Å². The summed E-state index contributed by atoms with van der Waals surface area (Å²) in [6, 6.07) is 3.75. The summed E-state index contributed by atoms with van der Waals surface area (Å²) in [6.45, 7) is 3.80. The Morgan fingerprint density at radius 1 is 1.45 bits per heavy atom. The van der Waals surface area contributed by atoms with Gasteiger partial charge in [-0.25, -0.2) is 0 Å². The van der Waals surface area contributed by atoms with Gasteiger partial charge >= 0.3 is 0 Å². The van der Waals surface area contributed by atoms with E-state index in [1.165, 1.54) is 0 Å². The Morgan fingerprint density at radius 3 is 3.05 bits per heavy atom. The molecule has 1 saturated heterocycles. The molecule has 110 valence electrons. The van der Waals surface area contributed by atoms with Crippen LogP contribution in [-0.4, -0.2) is 36.8 Å². The van der Waals surface area contributed by atoms with Crippen LogP contribution in [0.4, 0.5) is 0 Å².